The van der Waals surface area contributed by atoms with E-state index in [0.29, 0.717) is 11.8 Å². The molecule has 1 aliphatic carbocycles. The van der Waals surface area contributed by atoms with Gasteiger partial charge in [0.2, 0.25) is 0 Å². The van der Waals surface area contributed by atoms with Crippen molar-refractivity contribution in [2.75, 3.05) is 6.61 Å². The Morgan fingerprint density at radius 1 is 1.16 bits per heavy atom. The molecule has 0 bridgehead atoms. The molecule has 0 amide bonds. The molecule has 4 heteroatoms. The number of aromatic nitrogens is 2. The molecule has 19 heavy (non-hydrogen) atoms. The van der Waals surface area contributed by atoms with Crippen LogP contribution in [0.2, 0.25) is 5.15 Å². The molecule has 2 rings (SSSR count). The molecule has 0 N–H and O–H groups in total. The highest BCUT2D eigenvalue weighted by Crippen LogP contribution is 2.28. The molecule has 0 aliphatic heterocycles. The van der Waals surface area contributed by atoms with Gasteiger partial charge in [0.1, 0.15) is 11.3 Å². The summed E-state index contributed by atoms with van der Waals surface area (Å²) in [5.41, 5.74) is 2.31. The lowest BCUT2D eigenvalue weighted by Crippen LogP contribution is -2.12. The van der Waals surface area contributed by atoms with Crippen molar-refractivity contribution in [2.45, 2.75) is 64.9 Å². The van der Waals surface area contributed by atoms with Gasteiger partial charge in [-0.05, 0) is 39.0 Å². The van der Waals surface area contributed by atoms with Crippen LogP contribution in [0.1, 0.15) is 69.1 Å². The molecule has 0 spiro atoms. The summed E-state index contributed by atoms with van der Waals surface area (Å²) in [4.78, 5) is 9.25. The number of nitrogens with zero attached hydrogens (tertiary/aromatic N) is 2. The molecule has 1 aromatic heterocycles. The summed E-state index contributed by atoms with van der Waals surface area (Å²) >= 11 is 6.36. The van der Waals surface area contributed by atoms with Crippen LogP contribution in [0.5, 0.6) is 0 Å². The maximum atomic E-state index is 6.36. The highest BCUT2D eigenvalue weighted by atomic mass is 35.5. The van der Waals surface area contributed by atoms with E-state index in [2.05, 4.69) is 11.9 Å². The SMILES string of the molecule is CCCC(OCC)c1nc(Cl)c2c(n1)CCCCC2. The van der Waals surface area contributed by atoms with Gasteiger partial charge in [0.15, 0.2) is 5.82 Å². The number of hydrogen-bond acceptors (Lipinski definition) is 3. The minimum absolute atomic E-state index is 0.0129. The lowest BCUT2D eigenvalue weighted by Gasteiger charge is -2.17. The van der Waals surface area contributed by atoms with Crippen LogP contribution in [0, 0.1) is 0 Å². The lowest BCUT2D eigenvalue weighted by molar-refractivity contribution is 0.0492. The molecule has 106 valence electrons. The summed E-state index contributed by atoms with van der Waals surface area (Å²) in [7, 11) is 0. The topological polar surface area (TPSA) is 35.0 Å². The average Bonchev–Trinajstić information content (AvgIpc) is 2.64. The van der Waals surface area contributed by atoms with Gasteiger partial charge in [-0.25, -0.2) is 9.97 Å². The summed E-state index contributed by atoms with van der Waals surface area (Å²) in [6.45, 7) is 4.84. The smallest absolute Gasteiger partial charge is 0.159 e. The first-order chi connectivity index (χ1) is 9.26. The summed E-state index contributed by atoms with van der Waals surface area (Å²) in [5.74, 6) is 0.773. The minimum atomic E-state index is -0.0129. The van der Waals surface area contributed by atoms with Gasteiger partial charge in [-0.2, -0.15) is 0 Å². The number of fused-ring (bicyclic) bond motifs is 1. The number of hydrogen-bond donors (Lipinski definition) is 0. The van der Waals surface area contributed by atoms with Gasteiger partial charge in [-0.3, -0.25) is 0 Å². The van der Waals surface area contributed by atoms with E-state index in [-0.39, 0.29) is 6.10 Å². The van der Waals surface area contributed by atoms with Crippen LogP contribution in [0.15, 0.2) is 0 Å². The molecule has 1 heterocycles. The van der Waals surface area contributed by atoms with Crippen molar-refractivity contribution in [2.24, 2.45) is 0 Å². The normalized spacial score (nSPS) is 16.8. The van der Waals surface area contributed by atoms with Crippen molar-refractivity contribution in [1.82, 2.24) is 9.97 Å². The lowest BCUT2D eigenvalue weighted by atomic mass is 10.1. The molecular weight excluding hydrogens is 260 g/mol. The monoisotopic (exact) mass is 282 g/mol. The van der Waals surface area contributed by atoms with Gasteiger partial charge in [0, 0.05) is 17.9 Å². The zero-order valence-corrected chi connectivity index (χ0v) is 12.7. The van der Waals surface area contributed by atoms with Crippen molar-refractivity contribution < 1.29 is 4.74 Å². The molecular formula is C15H23ClN2O. The van der Waals surface area contributed by atoms with Crippen molar-refractivity contribution in [3.05, 3.63) is 22.2 Å². The zero-order chi connectivity index (χ0) is 13.7. The van der Waals surface area contributed by atoms with E-state index < -0.39 is 0 Å². The zero-order valence-electron chi connectivity index (χ0n) is 11.9. The van der Waals surface area contributed by atoms with E-state index in [4.69, 9.17) is 21.3 Å². The molecule has 0 fully saturated rings. The Morgan fingerprint density at radius 3 is 2.68 bits per heavy atom. The first-order valence-electron chi connectivity index (χ1n) is 7.43. The number of ether oxygens (including phenoxy) is 1. The molecule has 1 aliphatic rings. The Labute approximate surface area is 120 Å². The Hall–Kier alpha value is -0.670. The summed E-state index contributed by atoms with van der Waals surface area (Å²) in [6, 6.07) is 0. The van der Waals surface area contributed by atoms with E-state index in [1.54, 1.807) is 0 Å². The largest absolute Gasteiger partial charge is 0.371 e. The Morgan fingerprint density at radius 2 is 1.95 bits per heavy atom. The maximum Gasteiger partial charge on any atom is 0.159 e. The predicted molar refractivity (Wildman–Crippen MR) is 77.6 cm³/mol. The van der Waals surface area contributed by atoms with Crippen molar-refractivity contribution in [3.8, 4) is 0 Å². The van der Waals surface area contributed by atoms with Gasteiger partial charge in [0.25, 0.3) is 0 Å². The van der Waals surface area contributed by atoms with Gasteiger partial charge in [0.05, 0.1) is 0 Å². The average molecular weight is 283 g/mol. The highest BCUT2D eigenvalue weighted by Gasteiger charge is 2.20. The van der Waals surface area contributed by atoms with Gasteiger partial charge < -0.3 is 4.74 Å². The third-order valence-electron chi connectivity index (χ3n) is 3.61. The second-order valence-electron chi connectivity index (χ2n) is 5.09. The van der Waals surface area contributed by atoms with Crippen molar-refractivity contribution in [3.63, 3.8) is 0 Å². The molecule has 0 aromatic carbocycles. The van der Waals surface area contributed by atoms with Crippen LogP contribution in [-0.4, -0.2) is 16.6 Å². The van der Waals surface area contributed by atoms with E-state index >= 15 is 0 Å². The number of aryl methyl sites for hydroxylation is 1. The van der Waals surface area contributed by atoms with Gasteiger partial charge >= 0.3 is 0 Å². The van der Waals surface area contributed by atoms with E-state index in [1.165, 1.54) is 19.3 Å². The fourth-order valence-electron chi connectivity index (χ4n) is 2.64. The quantitative estimate of drug-likeness (QED) is 0.597. The third-order valence-corrected chi connectivity index (χ3v) is 3.92. The van der Waals surface area contributed by atoms with Crippen LogP contribution in [-0.2, 0) is 17.6 Å². The second kappa shape index (κ2) is 7.20. The Bertz CT molecular complexity index is 417. The van der Waals surface area contributed by atoms with E-state index in [9.17, 15) is 0 Å². The first kappa shape index (κ1) is 14.7. The molecule has 1 aromatic rings. The summed E-state index contributed by atoms with van der Waals surface area (Å²) < 4.78 is 5.76. The van der Waals surface area contributed by atoms with E-state index in [0.717, 1.165) is 42.8 Å². The summed E-state index contributed by atoms with van der Waals surface area (Å²) in [6.07, 6.45) is 7.68. The Balaban J connectivity index is 2.30. The fourth-order valence-corrected chi connectivity index (χ4v) is 2.93. The molecule has 0 saturated heterocycles. The van der Waals surface area contributed by atoms with Crippen molar-refractivity contribution in [1.29, 1.82) is 0 Å². The molecule has 1 atom stereocenters. The van der Waals surface area contributed by atoms with E-state index in [1.807, 2.05) is 6.92 Å². The molecule has 0 radical (unpaired) electrons. The van der Waals surface area contributed by atoms with Crippen LogP contribution in [0.25, 0.3) is 0 Å². The molecule has 3 nitrogen and oxygen atoms in total. The van der Waals surface area contributed by atoms with Crippen LogP contribution >= 0.6 is 11.6 Å². The number of rotatable bonds is 5. The van der Waals surface area contributed by atoms with Crippen LogP contribution in [0.3, 0.4) is 0 Å². The third kappa shape index (κ3) is 3.67. The predicted octanol–water partition coefficient (Wildman–Crippen LogP) is 4.28. The second-order valence-corrected chi connectivity index (χ2v) is 5.45. The number of halogens is 1. The van der Waals surface area contributed by atoms with Crippen LogP contribution in [0.4, 0.5) is 0 Å². The van der Waals surface area contributed by atoms with Crippen molar-refractivity contribution >= 4 is 11.6 Å². The van der Waals surface area contributed by atoms with Gasteiger partial charge in [-0.15, -0.1) is 0 Å². The highest BCUT2D eigenvalue weighted by molar-refractivity contribution is 6.30. The molecule has 0 saturated carbocycles. The van der Waals surface area contributed by atoms with Crippen LogP contribution < -0.4 is 0 Å². The Kier molecular flexibility index (Phi) is 5.59. The van der Waals surface area contributed by atoms with Gasteiger partial charge in [-0.1, -0.05) is 31.4 Å². The minimum Gasteiger partial charge on any atom is -0.371 e. The maximum absolute atomic E-state index is 6.36. The standard InChI is InChI=1S/C15H23ClN2O/c1-3-8-13(19-4-2)15-17-12-10-7-5-6-9-11(12)14(16)18-15/h13H,3-10H2,1-2H3. The molecule has 1 unspecified atom stereocenters. The fraction of sp³-hybridized carbons (Fsp3) is 0.733. The summed E-state index contributed by atoms with van der Waals surface area (Å²) in [5, 5.41) is 0.641. The first-order valence-corrected chi connectivity index (χ1v) is 7.80.